The number of benzene rings is 1. The smallest absolute Gasteiger partial charge is 0.292 e. The van der Waals surface area contributed by atoms with Crippen molar-refractivity contribution in [3.8, 4) is 0 Å². The lowest BCUT2D eigenvalue weighted by atomic mass is 10.2. The van der Waals surface area contributed by atoms with Crippen LogP contribution in [0.1, 0.15) is 16.1 Å². The minimum Gasteiger partial charge on any atom is -0.459 e. The Morgan fingerprint density at radius 1 is 1.05 bits per heavy atom. The number of nitrogens with zero attached hydrogens (tertiary/aromatic N) is 1. The van der Waals surface area contributed by atoms with Crippen LogP contribution in [0.4, 0.5) is 11.5 Å². The van der Waals surface area contributed by atoms with Crippen LogP contribution in [0.25, 0.3) is 0 Å². The van der Waals surface area contributed by atoms with Crippen molar-refractivity contribution in [2.75, 3.05) is 10.6 Å². The van der Waals surface area contributed by atoms with Crippen molar-refractivity contribution in [2.45, 2.75) is 6.54 Å². The van der Waals surface area contributed by atoms with E-state index in [1.165, 1.54) is 11.8 Å². The molecular formula is C17H15N3O2. The number of aromatic nitrogens is 1. The van der Waals surface area contributed by atoms with E-state index < -0.39 is 0 Å². The quantitative estimate of drug-likeness (QED) is 0.755. The Morgan fingerprint density at radius 3 is 2.59 bits per heavy atom. The molecule has 0 aliphatic heterocycles. The normalized spacial score (nSPS) is 10.2. The third-order valence-electron chi connectivity index (χ3n) is 3.09. The molecule has 0 unspecified atom stereocenters. The monoisotopic (exact) mass is 293 g/mol. The van der Waals surface area contributed by atoms with Gasteiger partial charge in [0.25, 0.3) is 5.91 Å². The van der Waals surface area contributed by atoms with Crippen LogP contribution in [-0.2, 0) is 6.54 Å². The Balaban J connectivity index is 1.57. The molecule has 0 bridgehead atoms. The largest absolute Gasteiger partial charge is 0.459 e. The van der Waals surface area contributed by atoms with E-state index in [4.69, 9.17) is 4.42 Å². The molecule has 5 nitrogen and oxygen atoms in total. The second-order valence-electron chi connectivity index (χ2n) is 4.70. The van der Waals surface area contributed by atoms with Crippen molar-refractivity contribution in [3.05, 3.63) is 78.4 Å². The van der Waals surface area contributed by atoms with Crippen molar-refractivity contribution in [2.24, 2.45) is 0 Å². The topological polar surface area (TPSA) is 67.2 Å². The molecule has 2 aromatic heterocycles. The van der Waals surface area contributed by atoms with E-state index in [0.717, 1.165) is 12.2 Å². The zero-order valence-corrected chi connectivity index (χ0v) is 11.8. The van der Waals surface area contributed by atoms with Gasteiger partial charge in [0.1, 0.15) is 5.82 Å². The zero-order valence-electron chi connectivity index (χ0n) is 11.8. The van der Waals surface area contributed by atoms with E-state index in [2.05, 4.69) is 27.8 Å². The van der Waals surface area contributed by atoms with Crippen LogP contribution in [0.3, 0.4) is 0 Å². The fraction of sp³-hybridized carbons (Fsp3) is 0.0588. The van der Waals surface area contributed by atoms with Crippen LogP contribution >= 0.6 is 0 Å². The lowest BCUT2D eigenvalue weighted by Crippen LogP contribution is -2.12. The summed E-state index contributed by atoms with van der Waals surface area (Å²) in [6.07, 6.45) is 3.14. The molecule has 5 heteroatoms. The van der Waals surface area contributed by atoms with Gasteiger partial charge in [-0.2, -0.15) is 0 Å². The van der Waals surface area contributed by atoms with Crippen molar-refractivity contribution in [3.63, 3.8) is 0 Å². The highest BCUT2D eigenvalue weighted by molar-refractivity contribution is 6.01. The van der Waals surface area contributed by atoms with Crippen molar-refractivity contribution in [1.82, 2.24) is 4.98 Å². The lowest BCUT2D eigenvalue weighted by Gasteiger charge is -2.07. The third-order valence-corrected chi connectivity index (χ3v) is 3.09. The molecule has 0 aliphatic carbocycles. The Hall–Kier alpha value is -3.08. The van der Waals surface area contributed by atoms with Gasteiger partial charge in [0.2, 0.25) is 0 Å². The molecule has 0 saturated carbocycles. The second kappa shape index (κ2) is 6.58. The molecule has 3 rings (SSSR count). The van der Waals surface area contributed by atoms with Crippen LogP contribution in [-0.4, -0.2) is 10.9 Å². The van der Waals surface area contributed by atoms with E-state index in [1.54, 1.807) is 24.4 Å². The SMILES string of the molecule is O=C(Nc1ccc(NCc2ccccc2)cn1)c1ccco1. The first-order valence-corrected chi connectivity index (χ1v) is 6.90. The van der Waals surface area contributed by atoms with E-state index in [1.807, 2.05) is 24.3 Å². The zero-order chi connectivity index (χ0) is 15.2. The Labute approximate surface area is 128 Å². The van der Waals surface area contributed by atoms with Crippen molar-refractivity contribution < 1.29 is 9.21 Å². The second-order valence-corrected chi connectivity index (χ2v) is 4.70. The first-order valence-electron chi connectivity index (χ1n) is 6.90. The van der Waals surface area contributed by atoms with Gasteiger partial charge in [-0.15, -0.1) is 0 Å². The maximum Gasteiger partial charge on any atom is 0.292 e. The molecule has 110 valence electrons. The molecule has 2 heterocycles. The highest BCUT2D eigenvalue weighted by Crippen LogP contribution is 2.12. The number of nitrogens with one attached hydrogen (secondary N) is 2. The number of hydrogen-bond acceptors (Lipinski definition) is 4. The maximum atomic E-state index is 11.8. The van der Waals surface area contributed by atoms with Gasteiger partial charge < -0.3 is 15.1 Å². The highest BCUT2D eigenvalue weighted by Gasteiger charge is 2.08. The lowest BCUT2D eigenvalue weighted by molar-refractivity contribution is 0.0996. The van der Waals surface area contributed by atoms with Gasteiger partial charge in [0, 0.05) is 6.54 Å². The van der Waals surface area contributed by atoms with E-state index in [0.29, 0.717) is 5.82 Å². The summed E-state index contributed by atoms with van der Waals surface area (Å²) in [6, 6.07) is 17.0. The van der Waals surface area contributed by atoms with Gasteiger partial charge in [0.05, 0.1) is 18.1 Å². The summed E-state index contributed by atoms with van der Waals surface area (Å²) >= 11 is 0. The average molecular weight is 293 g/mol. The van der Waals surface area contributed by atoms with Gasteiger partial charge in [-0.3, -0.25) is 4.79 Å². The minimum absolute atomic E-state index is 0.257. The molecule has 0 fully saturated rings. The van der Waals surface area contributed by atoms with Crippen molar-refractivity contribution in [1.29, 1.82) is 0 Å². The molecule has 22 heavy (non-hydrogen) atoms. The molecule has 3 aromatic rings. The number of rotatable bonds is 5. The molecular weight excluding hydrogens is 278 g/mol. The number of carbonyl (C=O) groups is 1. The highest BCUT2D eigenvalue weighted by atomic mass is 16.3. The van der Waals surface area contributed by atoms with E-state index in [-0.39, 0.29) is 11.7 Å². The fourth-order valence-corrected chi connectivity index (χ4v) is 1.96. The molecule has 0 spiro atoms. The van der Waals surface area contributed by atoms with E-state index >= 15 is 0 Å². The van der Waals surface area contributed by atoms with Crippen LogP contribution < -0.4 is 10.6 Å². The number of anilines is 2. The van der Waals surface area contributed by atoms with Gasteiger partial charge in [-0.25, -0.2) is 4.98 Å². The number of carbonyl (C=O) groups excluding carboxylic acids is 1. The Bertz CT molecular complexity index is 722. The minimum atomic E-state index is -0.317. The first-order chi connectivity index (χ1) is 10.8. The van der Waals surface area contributed by atoms with Crippen LogP contribution in [0.15, 0.2) is 71.5 Å². The van der Waals surface area contributed by atoms with Gasteiger partial charge >= 0.3 is 0 Å². The summed E-state index contributed by atoms with van der Waals surface area (Å²) in [5.74, 6) is 0.419. The maximum absolute atomic E-state index is 11.8. The predicted octanol–water partition coefficient (Wildman–Crippen LogP) is 3.54. The molecule has 0 aliphatic rings. The van der Waals surface area contributed by atoms with Gasteiger partial charge in [0.15, 0.2) is 5.76 Å². The Morgan fingerprint density at radius 2 is 1.91 bits per heavy atom. The number of furan rings is 1. The summed E-state index contributed by atoms with van der Waals surface area (Å²) in [7, 11) is 0. The molecule has 2 N–H and O–H groups in total. The first kappa shape index (κ1) is 13.9. The van der Waals surface area contributed by atoms with Crippen LogP contribution in [0, 0.1) is 0 Å². The van der Waals surface area contributed by atoms with Gasteiger partial charge in [-0.05, 0) is 29.8 Å². The number of pyridine rings is 1. The number of amides is 1. The Kier molecular flexibility index (Phi) is 4.15. The molecule has 1 aromatic carbocycles. The standard InChI is InChI=1S/C17H15N3O2/c21-17(15-7-4-10-22-15)20-16-9-8-14(12-19-16)18-11-13-5-2-1-3-6-13/h1-10,12,18H,11H2,(H,19,20,21). The predicted molar refractivity (Wildman–Crippen MR) is 84.7 cm³/mol. The van der Waals surface area contributed by atoms with Crippen LogP contribution in [0.2, 0.25) is 0 Å². The summed E-state index contributed by atoms with van der Waals surface area (Å²) in [6.45, 7) is 0.723. The molecule has 1 amide bonds. The third kappa shape index (κ3) is 3.52. The molecule has 0 radical (unpaired) electrons. The van der Waals surface area contributed by atoms with E-state index in [9.17, 15) is 4.79 Å². The summed E-state index contributed by atoms with van der Waals surface area (Å²) < 4.78 is 5.03. The molecule has 0 saturated heterocycles. The summed E-state index contributed by atoms with van der Waals surface area (Å²) in [4.78, 5) is 16.0. The molecule has 0 atom stereocenters. The average Bonchev–Trinajstić information content (AvgIpc) is 3.10. The fourth-order valence-electron chi connectivity index (χ4n) is 1.96. The van der Waals surface area contributed by atoms with Gasteiger partial charge in [-0.1, -0.05) is 30.3 Å². The summed E-state index contributed by atoms with van der Waals surface area (Å²) in [5.41, 5.74) is 2.08. The number of hydrogen-bond donors (Lipinski definition) is 2. The van der Waals surface area contributed by atoms with Crippen LogP contribution in [0.5, 0.6) is 0 Å². The summed E-state index contributed by atoms with van der Waals surface area (Å²) in [5, 5.41) is 5.95. The van der Waals surface area contributed by atoms with Crippen molar-refractivity contribution >= 4 is 17.4 Å².